The van der Waals surface area contributed by atoms with Gasteiger partial charge in [-0.05, 0) is 37.5 Å². The van der Waals surface area contributed by atoms with Crippen molar-refractivity contribution in [2.45, 2.75) is 52.5 Å². The molecule has 0 saturated heterocycles. The number of hydrogen-bond acceptors (Lipinski definition) is 1. The maximum absolute atomic E-state index is 10.8. The van der Waals surface area contributed by atoms with Crippen LogP contribution in [0.4, 0.5) is 0 Å². The van der Waals surface area contributed by atoms with Crippen molar-refractivity contribution in [3.05, 3.63) is 0 Å². The third kappa shape index (κ3) is 3.79. The number of rotatable bonds is 3. The Morgan fingerprint density at radius 2 is 2.15 bits per heavy atom. The summed E-state index contributed by atoms with van der Waals surface area (Å²) in [4.78, 5) is 10.8. The van der Waals surface area contributed by atoms with Crippen LogP contribution in [0.1, 0.15) is 46.5 Å². The van der Waals surface area contributed by atoms with Crippen molar-refractivity contribution in [1.29, 1.82) is 0 Å². The second kappa shape index (κ2) is 4.64. The van der Waals surface area contributed by atoms with Crippen LogP contribution in [0.2, 0.25) is 0 Å². The Balaban J connectivity index is 2.24. The zero-order chi connectivity index (χ0) is 9.84. The summed E-state index contributed by atoms with van der Waals surface area (Å²) in [7, 11) is 0. The predicted molar refractivity (Wildman–Crippen MR) is 54.4 cm³/mol. The fourth-order valence-corrected chi connectivity index (χ4v) is 2.37. The Kier molecular flexibility index (Phi) is 3.76. The summed E-state index contributed by atoms with van der Waals surface area (Å²) >= 11 is 0. The van der Waals surface area contributed by atoms with Gasteiger partial charge < -0.3 is 5.32 Å². The Morgan fingerprint density at radius 3 is 2.69 bits per heavy atom. The molecule has 1 amide bonds. The van der Waals surface area contributed by atoms with E-state index in [4.69, 9.17) is 0 Å². The van der Waals surface area contributed by atoms with Crippen molar-refractivity contribution in [1.82, 2.24) is 5.32 Å². The monoisotopic (exact) mass is 183 g/mol. The maximum Gasteiger partial charge on any atom is 0.217 e. The van der Waals surface area contributed by atoms with Gasteiger partial charge in [0.25, 0.3) is 0 Å². The van der Waals surface area contributed by atoms with Crippen molar-refractivity contribution >= 4 is 5.91 Å². The van der Waals surface area contributed by atoms with E-state index in [-0.39, 0.29) is 5.91 Å². The molecule has 1 aliphatic carbocycles. The number of carbonyl (C=O) groups is 1. The molecule has 1 saturated carbocycles. The van der Waals surface area contributed by atoms with Gasteiger partial charge in [-0.2, -0.15) is 0 Å². The molecule has 1 fully saturated rings. The smallest absolute Gasteiger partial charge is 0.217 e. The minimum Gasteiger partial charge on any atom is -0.354 e. The quantitative estimate of drug-likeness (QED) is 0.715. The molecule has 2 unspecified atom stereocenters. The molecule has 1 rings (SSSR count). The summed E-state index contributed by atoms with van der Waals surface area (Å²) in [6, 6.07) is 0.459. The van der Waals surface area contributed by atoms with Crippen molar-refractivity contribution in [3.8, 4) is 0 Å². The van der Waals surface area contributed by atoms with Gasteiger partial charge in [0.1, 0.15) is 0 Å². The van der Waals surface area contributed by atoms with Crippen LogP contribution >= 0.6 is 0 Å². The third-order valence-corrected chi connectivity index (χ3v) is 2.75. The number of carbonyl (C=O) groups excluding carboxylic acids is 1. The molecule has 2 atom stereocenters. The van der Waals surface area contributed by atoms with Crippen molar-refractivity contribution in [2.24, 2.45) is 11.8 Å². The third-order valence-electron chi connectivity index (χ3n) is 2.75. The highest BCUT2D eigenvalue weighted by Crippen LogP contribution is 2.30. The van der Waals surface area contributed by atoms with Crippen LogP contribution in [-0.4, -0.2) is 11.9 Å². The first-order chi connectivity index (χ1) is 6.08. The topological polar surface area (TPSA) is 29.1 Å². The van der Waals surface area contributed by atoms with E-state index < -0.39 is 0 Å². The molecule has 2 nitrogen and oxygen atoms in total. The summed E-state index contributed by atoms with van der Waals surface area (Å²) in [6.45, 7) is 6.15. The molecule has 0 aromatic rings. The molecule has 1 aliphatic rings. The first kappa shape index (κ1) is 10.6. The van der Waals surface area contributed by atoms with Crippen LogP contribution in [0.3, 0.4) is 0 Å². The minimum absolute atomic E-state index is 0.121. The molecule has 1 N–H and O–H groups in total. The van der Waals surface area contributed by atoms with E-state index in [1.54, 1.807) is 6.92 Å². The van der Waals surface area contributed by atoms with Crippen LogP contribution in [0, 0.1) is 11.8 Å². The van der Waals surface area contributed by atoms with Gasteiger partial charge in [-0.3, -0.25) is 4.79 Å². The van der Waals surface area contributed by atoms with Crippen molar-refractivity contribution < 1.29 is 4.79 Å². The van der Waals surface area contributed by atoms with E-state index in [9.17, 15) is 4.79 Å². The molecule has 0 radical (unpaired) electrons. The molecule has 0 aliphatic heterocycles. The SMILES string of the molecule is CC(=O)NC1CCC(CC(C)C)C1. The summed E-state index contributed by atoms with van der Waals surface area (Å²) in [5.41, 5.74) is 0. The highest BCUT2D eigenvalue weighted by molar-refractivity contribution is 5.73. The van der Waals surface area contributed by atoms with Gasteiger partial charge in [-0.25, -0.2) is 0 Å². The van der Waals surface area contributed by atoms with Crippen LogP contribution < -0.4 is 5.32 Å². The fraction of sp³-hybridized carbons (Fsp3) is 0.909. The maximum atomic E-state index is 10.8. The Labute approximate surface area is 81.1 Å². The lowest BCUT2D eigenvalue weighted by Gasteiger charge is -2.13. The van der Waals surface area contributed by atoms with Crippen molar-refractivity contribution in [2.75, 3.05) is 0 Å². The fourth-order valence-electron chi connectivity index (χ4n) is 2.37. The first-order valence-corrected chi connectivity index (χ1v) is 5.35. The highest BCUT2D eigenvalue weighted by Gasteiger charge is 2.25. The summed E-state index contributed by atoms with van der Waals surface area (Å²) in [6.07, 6.45) is 4.98. The number of nitrogens with one attached hydrogen (secondary N) is 1. The van der Waals surface area contributed by atoms with Gasteiger partial charge in [0.2, 0.25) is 5.91 Å². The van der Waals surface area contributed by atoms with Crippen LogP contribution in [0.25, 0.3) is 0 Å². The average Bonchev–Trinajstić information content (AvgIpc) is 2.33. The highest BCUT2D eigenvalue weighted by atomic mass is 16.1. The minimum atomic E-state index is 0.121. The largest absolute Gasteiger partial charge is 0.354 e. The molecule has 0 aromatic heterocycles. The van der Waals surface area contributed by atoms with Crippen LogP contribution in [0.15, 0.2) is 0 Å². The van der Waals surface area contributed by atoms with Gasteiger partial charge in [0.15, 0.2) is 0 Å². The lowest BCUT2D eigenvalue weighted by atomic mass is 9.96. The zero-order valence-electron chi connectivity index (χ0n) is 8.97. The lowest BCUT2D eigenvalue weighted by Crippen LogP contribution is -2.30. The lowest BCUT2D eigenvalue weighted by molar-refractivity contribution is -0.119. The standard InChI is InChI=1S/C11H21NO/c1-8(2)6-10-4-5-11(7-10)12-9(3)13/h8,10-11H,4-7H2,1-3H3,(H,12,13). The molecular weight excluding hydrogens is 162 g/mol. The number of hydrogen-bond donors (Lipinski definition) is 1. The first-order valence-electron chi connectivity index (χ1n) is 5.35. The average molecular weight is 183 g/mol. The van der Waals surface area contributed by atoms with Crippen molar-refractivity contribution in [3.63, 3.8) is 0 Å². The normalized spacial score (nSPS) is 28.0. The van der Waals surface area contributed by atoms with E-state index in [1.807, 2.05) is 0 Å². The van der Waals surface area contributed by atoms with Gasteiger partial charge in [-0.1, -0.05) is 13.8 Å². The molecule has 2 heteroatoms. The second-order valence-corrected chi connectivity index (χ2v) is 4.71. The van der Waals surface area contributed by atoms with E-state index in [1.165, 1.54) is 25.7 Å². The van der Waals surface area contributed by atoms with Gasteiger partial charge in [-0.15, -0.1) is 0 Å². The van der Waals surface area contributed by atoms with Gasteiger partial charge in [0, 0.05) is 13.0 Å². The van der Waals surface area contributed by atoms with Crippen LogP contribution in [0.5, 0.6) is 0 Å². The van der Waals surface area contributed by atoms with E-state index in [0.29, 0.717) is 6.04 Å². The summed E-state index contributed by atoms with van der Waals surface area (Å²) in [5.74, 6) is 1.76. The molecular formula is C11H21NO. The second-order valence-electron chi connectivity index (χ2n) is 4.71. The van der Waals surface area contributed by atoms with Gasteiger partial charge in [0.05, 0.1) is 0 Å². The molecule has 76 valence electrons. The molecule has 0 bridgehead atoms. The summed E-state index contributed by atoms with van der Waals surface area (Å²) < 4.78 is 0. The molecule has 13 heavy (non-hydrogen) atoms. The molecule has 0 aromatic carbocycles. The Hall–Kier alpha value is -0.530. The molecule has 0 heterocycles. The summed E-state index contributed by atoms with van der Waals surface area (Å²) in [5, 5.41) is 3.01. The Bertz CT molecular complexity index is 177. The number of amides is 1. The Morgan fingerprint density at radius 1 is 1.46 bits per heavy atom. The van der Waals surface area contributed by atoms with E-state index in [2.05, 4.69) is 19.2 Å². The van der Waals surface area contributed by atoms with Gasteiger partial charge >= 0.3 is 0 Å². The molecule has 0 spiro atoms. The zero-order valence-corrected chi connectivity index (χ0v) is 8.97. The van der Waals surface area contributed by atoms with Crippen LogP contribution in [-0.2, 0) is 4.79 Å². The predicted octanol–water partition coefficient (Wildman–Crippen LogP) is 2.34. The van der Waals surface area contributed by atoms with E-state index in [0.717, 1.165) is 11.8 Å². The van der Waals surface area contributed by atoms with E-state index >= 15 is 0 Å².